The molecule has 252 valence electrons. The fraction of sp³-hybridized carbons (Fsp3) is 0.0800. The van der Waals surface area contributed by atoms with E-state index in [0.717, 1.165) is 56.4 Å². The molecule has 7 aromatic carbocycles. The lowest BCUT2D eigenvalue weighted by Gasteiger charge is -2.25. The van der Waals surface area contributed by atoms with Gasteiger partial charge in [0.05, 0.1) is 0 Å². The maximum atomic E-state index is 3.35. The van der Waals surface area contributed by atoms with E-state index >= 15 is 0 Å². The first-order valence-corrected chi connectivity index (χ1v) is 17.8. The van der Waals surface area contributed by atoms with Gasteiger partial charge in [-0.05, 0) is 136 Å². The molecule has 0 amide bonds. The second kappa shape index (κ2) is 15.5. The van der Waals surface area contributed by atoms with Crippen molar-refractivity contribution in [2.75, 3.05) is 9.80 Å². The van der Waals surface area contributed by atoms with Crippen LogP contribution in [0.5, 0.6) is 0 Å². The Hall–Kier alpha value is -6.56. The van der Waals surface area contributed by atoms with E-state index in [1.54, 1.807) is 0 Å². The van der Waals surface area contributed by atoms with E-state index < -0.39 is 0 Å². The summed E-state index contributed by atoms with van der Waals surface area (Å²) in [7, 11) is 0. The highest BCUT2D eigenvalue weighted by atomic mass is 15.1. The Balaban J connectivity index is 1.03. The second-order valence-electron chi connectivity index (χ2n) is 13.4. The minimum Gasteiger partial charge on any atom is -0.311 e. The zero-order chi connectivity index (χ0) is 35.9. The fourth-order valence-corrected chi connectivity index (χ4v) is 6.11. The largest absolute Gasteiger partial charge is 0.311 e. The van der Waals surface area contributed by atoms with Gasteiger partial charge >= 0.3 is 0 Å². The van der Waals surface area contributed by atoms with Crippen molar-refractivity contribution in [2.24, 2.45) is 0 Å². The molecule has 0 aliphatic carbocycles. The van der Waals surface area contributed by atoms with Gasteiger partial charge in [0.25, 0.3) is 0 Å². The topological polar surface area (TPSA) is 6.48 Å². The molecule has 0 saturated carbocycles. The predicted molar refractivity (Wildman–Crippen MR) is 223 cm³/mol. The quantitative estimate of drug-likeness (QED) is 0.117. The summed E-state index contributed by atoms with van der Waals surface area (Å²) in [4.78, 5) is 4.58. The maximum absolute atomic E-state index is 3.35. The van der Waals surface area contributed by atoms with Crippen LogP contribution in [0.3, 0.4) is 0 Å². The van der Waals surface area contributed by atoms with Crippen molar-refractivity contribution in [1.82, 2.24) is 0 Å². The molecule has 7 aromatic rings. The van der Waals surface area contributed by atoms with Gasteiger partial charge in [-0.2, -0.15) is 0 Å². The number of rotatable bonds is 8. The first kappa shape index (κ1) is 33.9. The van der Waals surface area contributed by atoms with Crippen LogP contribution < -0.4 is 9.80 Å². The number of anilines is 6. The molecule has 0 aliphatic heterocycles. The summed E-state index contributed by atoms with van der Waals surface area (Å²) < 4.78 is 0. The lowest BCUT2D eigenvalue weighted by atomic mass is 10.1. The summed E-state index contributed by atoms with van der Waals surface area (Å²) in [6, 6.07) is 60.3. The van der Waals surface area contributed by atoms with Crippen LogP contribution in [0.4, 0.5) is 34.1 Å². The van der Waals surface area contributed by atoms with Crippen LogP contribution in [0.1, 0.15) is 44.5 Å². The average molecular weight is 671 g/mol. The van der Waals surface area contributed by atoms with Crippen molar-refractivity contribution in [3.63, 3.8) is 0 Å². The van der Waals surface area contributed by atoms with Crippen LogP contribution in [0.15, 0.2) is 170 Å². The Morgan fingerprint density at radius 2 is 0.500 bits per heavy atom. The Kier molecular flexibility index (Phi) is 10.1. The fourth-order valence-electron chi connectivity index (χ4n) is 6.11. The third-order valence-corrected chi connectivity index (χ3v) is 9.18. The van der Waals surface area contributed by atoms with Gasteiger partial charge in [-0.1, -0.05) is 119 Å². The molecule has 0 aromatic heterocycles. The van der Waals surface area contributed by atoms with Gasteiger partial charge in [0.15, 0.2) is 0 Å². The van der Waals surface area contributed by atoms with E-state index in [9.17, 15) is 0 Å². The average Bonchev–Trinajstić information content (AvgIpc) is 3.18. The maximum Gasteiger partial charge on any atom is 0.0462 e. The molecule has 0 fully saturated rings. The van der Waals surface area contributed by atoms with Gasteiger partial charge in [-0.15, -0.1) is 0 Å². The summed E-state index contributed by atoms with van der Waals surface area (Å²) in [5.74, 6) is 6.70. The second-order valence-corrected chi connectivity index (χ2v) is 13.4. The molecule has 0 aliphatic rings. The molecule has 7 rings (SSSR count). The number of hydrogen-bond donors (Lipinski definition) is 0. The first-order chi connectivity index (χ1) is 25.4. The zero-order valence-corrected chi connectivity index (χ0v) is 30.2. The molecule has 0 unspecified atom stereocenters. The van der Waals surface area contributed by atoms with E-state index in [4.69, 9.17) is 0 Å². The molecule has 2 heteroatoms. The first-order valence-electron chi connectivity index (χ1n) is 17.8. The minimum atomic E-state index is 0.979. The van der Waals surface area contributed by atoms with Gasteiger partial charge in [-0.25, -0.2) is 0 Å². The standard InChI is InChI=1S/C50H42N2/c1-37-5-25-45(26-6-37)51(46-27-7-38(2)8-28-46)49-33-21-43(22-34-49)19-17-41-13-15-42(16-14-41)18-20-44-23-35-50(36-24-44)52(47-29-9-39(3)10-30-47)48-31-11-40(4)12-32-48/h5-17,19,21-36H,1-4H3. The Bertz CT molecular complexity index is 2230. The van der Waals surface area contributed by atoms with Gasteiger partial charge in [-0.3, -0.25) is 0 Å². The van der Waals surface area contributed by atoms with Crippen LogP contribution in [0.2, 0.25) is 0 Å². The molecular formula is C50H42N2. The number of hydrogen-bond acceptors (Lipinski definition) is 2. The van der Waals surface area contributed by atoms with Gasteiger partial charge in [0.2, 0.25) is 0 Å². The molecule has 0 bridgehead atoms. The molecule has 0 atom stereocenters. The van der Waals surface area contributed by atoms with Crippen LogP contribution in [0.25, 0.3) is 12.2 Å². The SMILES string of the molecule is Cc1ccc(N(c2ccc(C)cc2)c2ccc(C#Cc3ccc(C=Cc4ccc(N(c5ccc(C)cc5)c5ccc(C)cc5)cc4)cc3)cc2)cc1. The van der Waals surface area contributed by atoms with E-state index in [2.05, 4.69) is 231 Å². The number of benzene rings is 7. The lowest BCUT2D eigenvalue weighted by molar-refractivity contribution is 1.27. The highest BCUT2D eigenvalue weighted by molar-refractivity contribution is 5.79. The lowest BCUT2D eigenvalue weighted by Crippen LogP contribution is -2.09. The van der Waals surface area contributed by atoms with Crippen molar-refractivity contribution in [3.05, 3.63) is 214 Å². The molecule has 0 spiro atoms. The van der Waals surface area contributed by atoms with Gasteiger partial charge < -0.3 is 9.80 Å². The van der Waals surface area contributed by atoms with Gasteiger partial charge in [0.1, 0.15) is 0 Å². The van der Waals surface area contributed by atoms with Crippen LogP contribution in [-0.2, 0) is 0 Å². The monoisotopic (exact) mass is 670 g/mol. The van der Waals surface area contributed by atoms with E-state index in [1.165, 1.54) is 22.3 Å². The van der Waals surface area contributed by atoms with Crippen LogP contribution >= 0.6 is 0 Å². The van der Waals surface area contributed by atoms with Crippen molar-refractivity contribution < 1.29 is 0 Å². The Morgan fingerprint density at radius 1 is 0.288 bits per heavy atom. The van der Waals surface area contributed by atoms with Crippen molar-refractivity contribution in [1.29, 1.82) is 0 Å². The van der Waals surface area contributed by atoms with Crippen molar-refractivity contribution >= 4 is 46.3 Å². The smallest absolute Gasteiger partial charge is 0.0462 e. The molecule has 2 nitrogen and oxygen atoms in total. The van der Waals surface area contributed by atoms with Crippen LogP contribution in [-0.4, -0.2) is 0 Å². The van der Waals surface area contributed by atoms with Crippen molar-refractivity contribution in [2.45, 2.75) is 27.7 Å². The summed E-state index contributed by atoms with van der Waals surface area (Å²) in [5, 5.41) is 0. The normalized spacial score (nSPS) is 10.8. The van der Waals surface area contributed by atoms with E-state index in [0.29, 0.717) is 0 Å². The summed E-state index contributed by atoms with van der Waals surface area (Å²) in [5.41, 5.74) is 16.0. The minimum absolute atomic E-state index is 0.979. The third-order valence-electron chi connectivity index (χ3n) is 9.18. The Labute approximate surface area is 309 Å². The number of aryl methyl sites for hydroxylation is 4. The van der Waals surface area contributed by atoms with Gasteiger partial charge in [0, 0.05) is 45.3 Å². The van der Waals surface area contributed by atoms with Crippen LogP contribution in [0, 0.1) is 39.5 Å². The third kappa shape index (κ3) is 8.24. The summed E-state index contributed by atoms with van der Waals surface area (Å²) in [6.07, 6.45) is 4.31. The molecule has 0 N–H and O–H groups in total. The highest BCUT2D eigenvalue weighted by Gasteiger charge is 2.13. The highest BCUT2D eigenvalue weighted by Crippen LogP contribution is 2.36. The number of nitrogens with zero attached hydrogens (tertiary/aromatic N) is 2. The predicted octanol–water partition coefficient (Wildman–Crippen LogP) is 13.4. The molecular weight excluding hydrogens is 629 g/mol. The van der Waals surface area contributed by atoms with Crippen molar-refractivity contribution in [3.8, 4) is 11.8 Å². The Morgan fingerprint density at radius 3 is 0.788 bits per heavy atom. The van der Waals surface area contributed by atoms with E-state index in [-0.39, 0.29) is 0 Å². The van der Waals surface area contributed by atoms with E-state index in [1.807, 2.05) is 0 Å². The summed E-state index contributed by atoms with van der Waals surface area (Å²) in [6.45, 7) is 8.47. The molecule has 0 heterocycles. The summed E-state index contributed by atoms with van der Waals surface area (Å²) >= 11 is 0. The molecule has 0 radical (unpaired) electrons. The zero-order valence-electron chi connectivity index (χ0n) is 30.2. The molecule has 0 saturated heterocycles. The molecule has 52 heavy (non-hydrogen) atoms.